The standard InChI is InChI=1S/C28H48N2O6S2/c1-4-5-6-7-8-9-10-11-12-13-14-15-16-17-22(2)25-20-24(38(34,35)36)21-26-28(25)30-27(29-26)19-18-23(3)37(31,32)33/h20-23H,4-19H2,1-3H3,(H,29,30)(H,31,32,33)(H,34,35,36). The highest BCUT2D eigenvalue weighted by atomic mass is 32.2. The van der Waals surface area contributed by atoms with Gasteiger partial charge in [0, 0.05) is 6.42 Å². The van der Waals surface area contributed by atoms with Crippen molar-refractivity contribution in [2.75, 3.05) is 0 Å². The lowest BCUT2D eigenvalue weighted by Gasteiger charge is -2.14. The van der Waals surface area contributed by atoms with Gasteiger partial charge in [-0.2, -0.15) is 16.8 Å². The molecule has 2 unspecified atom stereocenters. The van der Waals surface area contributed by atoms with Crippen molar-refractivity contribution in [2.45, 2.75) is 140 Å². The molecule has 0 aliphatic rings. The molecule has 0 radical (unpaired) electrons. The number of imidazole rings is 1. The van der Waals surface area contributed by atoms with E-state index in [1.54, 1.807) is 0 Å². The normalized spacial score (nSPS) is 14.2. The average molecular weight is 573 g/mol. The van der Waals surface area contributed by atoms with E-state index in [1.165, 1.54) is 89.7 Å². The van der Waals surface area contributed by atoms with Gasteiger partial charge in [0.2, 0.25) is 0 Å². The van der Waals surface area contributed by atoms with Crippen molar-refractivity contribution in [1.82, 2.24) is 9.97 Å². The van der Waals surface area contributed by atoms with Crippen LogP contribution in [0.4, 0.5) is 0 Å². The Morgan fingerprint density at radius 1 is 0.789 bits per heavy atom. The molecule has 0 aliphatic heterocycles. The Kier molecular flexibility index (Phi) is 13.7. The van der Waals surface area contributed by atoms with Crippen LogP contribution in [0, 0.1) is 0 Å². The molecule has 0 amide bonds. The van der Waals surface area contributed by atoms with E-state index in [2.05, 4.69) is 16.9 Å². The molecule has 0 fully saturated rings. The molecule has 2 aromatic rings. The van der Waals surface area contributed by atoms with Crippen molar-refractivity contribution in [1.29, 1.82) is 0 Å². The highest BCUT2D eigenvalue weighted by Crippen LogP contribution is 2.31. The van der Waals surface area contributed by atoms with E-state index in [-0.39, 0.29) is 23.7 Å². The van der Waals surface area contributed by atoms with Crippen molar-refractivity contribution in [3.8, 4) is 0 Å². The summed E-state index contributed by atoms with van der Waals surface area (Å²) in [6.45, 7) is 5.72. The number of hydrogen-bond acceptors (Lipinski definition) is 5. The zero-order chi connectivity index (χ0) is 28.2. The Balaban J connectivity index is 1.88. The third-order valence-corrected chi connectivity index (χ3v) is 9.59. The summed E-state index contributed by atoms with van der Waals surface area (Å²) in [4.78, 5) is 7.50. The van der Waals surface area contributed by atoms with Crippen LogP contribution >= 0.6 is 0 Å². The molecule has 218 valence electrons. The van der Waals surface area contributed by atoms with Crippen LogP contribution in [0.25, 0.3) is 11.0 Å². The number of aromatic amines is 1. The second-order valence-electron chi connectivity index (χ2n) is 10.9. The summed E-state index contributed by atoms with van der Waals surface area (Å²) in [5, 5.41) is -0.932. The molecule has 38 heavy (non-hydrogen) atoms. The van der Waals surface area contributed by atoms with E-state index in [1.807, 2.05) is 6.92 Å². The topological polar surface area (TPSA) is 137 Å². The Labute approximate surface area is 229 Å². The van der Waals surface area contributed by atoms with Crippen LogP contribution in [0.3, 0.4) is 0 Å². The summed E-state index contributed by atoms with van der Waals surface area (Å²) < 4.78 is 65.3. The number of fused-ring (bicyclic) bond motifs is 1. The number of unbranched alkanes of at least 4 members (excludes halogenated alkanes) is 12. The van der Waals surface area contributed by atoms with Crippen LogP contribution in [0.15, 0.2) is 17.0 Å². The van der Waals surface area contributed by atoms with Gasteiger partial charge in [0.15, 0.2) is 0 Å². The molecule has 3 N–H and O–H groups in total. The lowest BCUT2D eigenvalue weighted by Crippen LogP contribution is -2.17. The number of rotatable bonds is 20. The average Bonchev–Trinajstić information content (AvgIpc) is 3.26. The first-order valence-corrected chi connectivity index (χ1v) is 17.3. The van der Waals surface area contributed by atoms with Gasteiger partial charge in [-0.1, -0.05) is 97.3 Å². The van der Waals surface area contributed by atoms with E-state index < -0.39 is 25.5 Å². The maximum Gasteiger partial charge on any atom is 0.294 e. The molecule has 10 heteroatoms. The fourth-order valence-corrected chi connectivity index (χ4v) is 5.88. The zero-order valence-corrected chi connectivity index (χ0v) is 25.0. The summed E-state index contributed by atoms with van der Waals surface area (Å²) in [6, 6.07) is 2.85. The molecule has 0 saturated carbocycles. The van der Waals surface area contributed by atoms with Crippen LogP contribution < -0.4 is 0 Å². The van der Waals surface area contributed by atoms with E-state index in [0.29, 0.717) is 16.9 Å². The largest absolute Gasteiger partial charge is 0.342 e. The van der Waals surface area contributed by atoms with E-state index in [0.717, 1.165) is 24.8 Å². The van der Waals surface area contributed by atoms with Gasteiger partial charge in [-0.3, -0.25) is 9.11 Å². The minimum absolute atomic E-state index is 0.0415. The molecule has 2 atom stereocenters. The monoisotopic (exact) mass is 572 g/mol. The fourth-order valence-electron chi connectivity index (χ4n) is 4.92. The first-order chi connectivity index (χ1) is 17.9. The molecule has 0 bridgehead atoms. The fraction of sp³-hybridized carbons (Fsp3) is 0.750. The van der Waals surface area contributed by atoms with E-state index >= 15 is 0 Å². The number of nitrogens with one attached hydrogen (secondary N) is 1. The number of nitrogens with zero attached hydrogens (tertiary/aromatic N) is 1. The Morgan fingerprint density at radius 3 is 1.82 bits per heavy atom. The van der Waals surface area contributed by atoms with Gasteiger partial charge < -0.3 is 4.98 Å². The molecule has 0 saturated heterocycles. The number of benzene rings is 1. The highest BCUT2D eigenvalue weighted by Gasteiger charge is 2.21. The Bertz CT molecular complexity index is 1190. The van der Waals surface area contributed by atoms with Crippen LogP contribution in [-0.4, -0.2) is 41.2 Å². The van der Waals surface area contributed by atoms with Crippen molar-refractivity contribution in [2.24, 2.45) is 0 Å². The first kappa shape index (κ1) is 32.7. The smallest absolute Gasteiger partial charge is 0.294 e. The van der Waals surface area contributed by atoms with Gasteiger partial charge in [0.25, 0.3) is 20.2 Å². The summed E-state index contributed by atoms with van der Waals surface area (Å²) in [6.07, 6.45) is 18.0. The van der Waals surface area contributed by atoms with E-state index in [9.17, 15) is 25.9 Å². The molecular formula is C28H48N2O6S2. The second kappa shape index (κ2) is 15.9. The molecule has 8 nitrogen and oxygen atoms in total. The number of hydrogen-bond donors (Lipinski definition) is 3. The maximum atomic E-state index is 11.9. The first-order valence-electron chi connectivity index (χ1n) is 14.4. The van der Waals surface area contributed by atoms with Gasteiger partial charge >= 0.3 is 0 Å². The zero-order valence-electron chi connectivity index (χ0n) is 23.4. The van der Waals surface area contributed by atoms with Crippen molar-refractivity contribution in [3.63, 3.8) is 0 Å². The van der Waals surface area contributed by atoms with Crippen LogP contribution in [0.2, 0.25) is 0 Å². The molecule has 1 heterocycles. The minimum Gasteiger partial charge on any atom is -0.342 e. The predicted octanol–water partition coefficient (Wildman–Crippen LogP) is 7.60. The SMILES string of the molecule is CCCCCCCCCCCCCCCC(C)c1cc(S(=O)(=O)O)cc2[nH]c(CCC(C)S(=O)(=O)O)nc12. The molecule has 2 rings (SSSR count). The van der Waals surface area contributed by atoms with E-state index in [4.69, 9.17) is 0 Å². The lowest BCUT2D eigenvalue weighted by atomic mass is 9.93. The highest BCUT2D eigenvalue weighted by molar-refractivity contribution is 7.86. The van der Waals surface area contributed by atoms with Crippen LogP contribution in [-0.2, 0) is 26.7 Å². The van der Waals surface area contributed by atoms with Crippen molar-refractivity contribution in [3.05, 3.63) is 23.5 Å². The quantitative estimate of drug-likeness (QED) is 0.110. The van der Waals surface area contributed by atoms with Crippen molar-refractivity contribution >= 4 is 31.3 Å². The third-order valence-electron chi connectivity index (χ3n) is 7.50. The molecular weight excluding hydrogens is 524 g/mol. The summed E-state index contributed by atoms with van der Waals surface area (Å²) >= 11 is 0. The summed E-state index contributed by atoms with van der Waals surface area (Å²) in [7, 11) is -8.53. The van der Waals surface area contributed by atoms with Gasteiger partial charge in [-0.05, 0) is 43.4 Å². The molecule has 1 aromatic carbocycles. The third kappa shape index (κ3) is 11.3. The summed E-state index contributed by atoms with van der Waals surface area (Å²) in [5.41, 5.74) is 1.87. The minimum atomic E-state index is -4.39. The molecule has 1 aromatic heterocycles. The molecule has 0 spiro atoms. The van der Waals surface area contributed by atoms with Crippen molar-refractivity contribution < 1.29 is 25.9 Å². The van der Waals surface area contributed by atoms with Crippen LogP contribution in [0.5, 0.6) is 0 Å². The Morgan fingerprint density at radius 2 is 1.32 bits per heavy atom. The Hall–Kier alpha value is -1.49. The van der Waals surface area contributed by atoms with Gasteiger partial charge in [0.1, 0.15) is 5.82 Å². The number of aryl methyl sites for hydroxylation is 1. The number of aromatic nitrogens is 2. The van der Waals surface area contributed by atoms with Crippen LogP contribution in [0.1, 0.15) is 134 Å². The van der Waals surface area contributed by atoms with Gasteiger partial charge in [-0.25, -0.2) is 4.98 Å². The van der Waals surface area contributed by atoms with Gasteiger partial charge in [0.05, 0.1) is 21.2 Å². The lowest BCUT2D eigenvalue weighted by molar-refractivity contribution is 0.465. The second-order valence-corrected chi connectivity index (χ2v) is 14.1. The van der Waals surface area contributed by atoms with Gasteiger partial charge in [-0.15, -0.1) is 0 Å². The number of H-pyrrole nitrogens is 1. The molecule has 0 aliphatic carbocycles. The maximum absolute atomic E-state index is 11.9. The predicted molar refractivity (Wildman–Crippen MR) is 154 cm³/mol. The summed E-state index contributed by atoms with van der Waals surface area (Å²) in [5.74, 6) is 0.553.